The van der Waals surface area contributed by atoms with Crippen molar-refractivity contribution >= 4 is 22.6 Å². The first kappa shape index (κ1) is 19.9. The third kappa shape index (κ3) is 3.98. The third-order valence-corrected chi connectivity index (χ3v) is 5.45. The van der Waals surface area contributed by atoms with Gasteiger partial charge in [-0.1, -0.05) is 25.1 Å². The summed E-state index contributed by atoms with van der Waals surface area (Å²) in [6, 6.07) is 10.7. The van der Waals surface area contributed by atoms with E-state index >= 15 is 0 Å². The van der Waals surface area contributed by atoms with Gasteiger partial charge in [-0.2, -0.15) is 5.10 Å². The molecule has 8 heteroatoms. The van der Waals surface area contributed by atoms with E-state index in [1.807, 2.05) is 12.1 Å². The fraction of sp³-hybridized carbons (Fsp3) is 0.364. The largest absolute Gasteiger partial charge is 0.466 e. The standard InChI is InChI=1S/C22H24N4O4/c1-3-26-22(29)16-7-5-4-6-15(16)20(25-26)21(28)24-23-19(27)11-9-14-8-10-18(30-14)17-12-13(17)2/h4-8,10,13,17H,3,9,11-12H2,1-2H3,(H,23,27)(H,24,28). The molecule has 30 heavy (non-hydrogen) atoms. The molecule has 0 radical (unpaired) electrons. The fourth-order valence-electron chi connectivity index (χ4n) is 3.55. The van der Waals surface area contributed by atoms with Crippen molar-refractivity contribution in [2.24, 2.45) is 5.92 Å². The average molecular weight is 408 g/mol. The molecule has 2 heterocycles. The summed E-state index contributed by atoms with van der Waals surface area (Å²) in [6.07, 6.45) is 1.77. The second-order valence-corrected chi connectivity index (χ2v) is 7.64. The van der Waals surface area contributed by atoms with Crippen molar-refractivity contribution in [2.45, 2.75) is 45.6 Å². The van der Waals surface area contributed by atoms with Crippen LogP contribution in [-0.2, 0) is 17.8 Å². The lowest BCUT2D eigenvalue weighted by Crippen LogP contribution is -2.42. The van der Waals surface area contributed by atoms with E-state index in [2.05, 4.69) is 22.9 Å². The number of aromatic nitrogens is 2. The smallest absolute Gasteiger partial charge is 0.290 e. The number of hydrogen-bond donors (Lipinski definition) is 2. The highest BCUT2D eigenvalue weighted by Gasteiger charge is 2.36. The summed E-state index contributed by atoms with van der Waals surface area (Å²) in [5.41, 5.74) is 4.63. The van der Waals surface area contributed by atoms with E-state index in [-0.39, 0.29) is 23.6 Å². The summed E-state index contributed by atoms with van der Waals surface area (Å²) < 4.78 is 7.03. The number of nitrogens with zero attached hydrogens (tertiary/aromatic N) is 2. The van der Waals surface area contributed by atoms with Crippen LogP contribution in [0.3, 0.4) is 0 Å². The van der Waals surface area contributed by atoms with Crippen LogP contribution in [0, 0.1) is 5.92 Å². The summed E-state index contributed by atoms with van der Waals surface area (Å²) in [6.45, 7) is 4.30. The Labute approximate surface area is 173 Å². The topological polar surface area (TPSA) is 106 Å². The zero-order valence-corrected chi connectivity index (χ0v) is 17.0. The van der Waals surface area contributed by atoms with E-state index in [0.717, 1.165) is 17.9 Å². The van der Waals surface area contributed by atoms with Crippen LogP contribution in [0.5, 0.6) is 0 Å². The molecule has 1 saturated carbocycles. The van der Waals surface area contributed by atoms with E-state index in [9.17, 15) is 14.4 Å². The number of aryl methyl sites for hydroxylation is 2. The minimum absolute atomic E-state index is 0.0848. The number of rotatable bonds is 6. The predicted octanol–water partition coefficient (Wildman–Crippen LogP) is 2.53. The first-order valence-corrected chi connectivity index (χ1v) is 10.2. The Morgan fingerprint density at radius 2 is 1.90 bits per heavy atom. The Hall–Kier alpha value is -3.42. The van der Waals surface area contributed by atoms with Gasteiger partial charge in [-0.25, -0.2) is 4.68 Å². The van der Waals surface area contributed by atoms with Gasteiger partial charge in [-0.15, -0.1) is 0 Å². The van der Waals surface area contributed by atoms with E-state index in [1.54, 1.807) is 31.2 Å². The zero-order chi connectivity index (χ0) is 21.3. The van der Waals surface area contributed by atoms with E-state index < -0.39 is 5.91 Å². The molecule has 2 atom stereocenters. The molecule has 1 aromatic carbocycles. The number of furan rings is 1. The fourth-order valence-corrected chi connectivity index (χ4v) is 3.55. The van der Waals surface area contributed by atoms with Crippen LogP contribution in [0.1, 0.15) is 54.6 Å². The molecule has 156 valence electrons. The molecule has 8 nitrogen and oxygen atoms in total. The highest BCUT2D eigenvalue weighted by atomic mass is 16.3. The van der Waals surface area contributed by atoms with Crippen molar-refractivity contribution in [1.82, 2.24) is 20.6 Å². The lowest BCUT2D eigenvalue weighted by atomic mass is 10.1. The Bertz CT molecular complexity index is 1160. The molecule has 2 unspecified atom stereocenters. The molecule has 1 aliphatic carbocycles. The maximum atomic E-state index is 12.6. The van der Waals surface area contributed by atoms with Gasteiger partial charge in [-0.3, -0.25) is 25.2 Å². The Balaban J connectivity index is 1.37. The van der Waals surface area contributed by atoms with Gasteiger partial charge in [0.1, 0.15) is 11.5 Å². The highest BCUT2D eigenvalue weighted by Crippen LogP contribution is 2.47. The first-order chi connectivity index (χ1) is 14.5. The van der Waals surface area contributed by atoms with Gasteiger partial charge < -0.3 is 4.42 Å². The summed E-state index contributed by atoms with van der Waals surface area (Å²) >= 11 is 0. The van der Waals surface area contributed by atoms with Crippen LogP contribution in [0.2, 0.25) is 0 Å². The molecule has 4 rings (SSSR count). The molecule has 2 N–H and O–H groups in total. The Morgan fingerprint density at radius 3 is 2.60 bits per heavy atom. The molecule has 0 aliphatic heterocycles. The van der Waals surface area contributed by atoms with E-state index in [0.29, 0.717) is 35.6 Å². The number of carbonyl (C=O) groups is 2. The van der Waals surface area contributed by atoms with Crippen LogP contribution in [0.25, 0.3) is 10.8 Å². The Kier molecular flexibility index (Phi) is 5.39. The Morgan fingerprint density at radius 1 is 1.17 bits per heavy atom. The maximum absolute atomic E-state index is 12.6. The van der Waals surface area contributed by atoms with Crippen LogP contribution in [0.15, 0.2) is 45.6 Å². The van der Waals surface area contributed by atoms with Gasteiger partial charge in [0.15, 0.2) is 5.69 Å². The third-order valence-electron chi connectivity index (χ3n) is 5.45. The van der Waals surface area contributed by atoms with E-state index in [1.165, 1.54) is 4.68 Å². The number of amides is 2. The quantitative estimate of drug-likeness (QED) is 0.610. The molecule has 3 aromatic rings. The second kappa shape index (κ2) is 8.14. The normalized spacial score (nSPS) is 17.7. The molecular weight excluding hydrogens is 384 g/mol. The first-order valence-electron chi connectivity index (χ1n) is 10.2. The predicted molar refractivity (Wildman–Crippen MR) is 111 cm³/mol. The van der Waals surface area contributed by atoms with Crippen LogP contribution >= 0.6 is 0 Å². The minimum Gasteiger partial charge on any atom is -0.466 e. The number of hydrazine groups is 1. The average Bonchev–Trinajstić information content (AvgIpc) is 3.30. The summed E-state index contributed by atoms with van der Waals surface area (Å²) in [4.78, 5) is 37.1. The van der Waals surface area contributed by atoms with E-state index in [4.69, 9.17) is 4.42 Å². The molecular formula is C22H24N4O4. The van der Waals surface area contributed by atoms with Crippen molar-refractivity contribution in [3.63, 3.8) is 0 Å². The van der Waals surface area contributed by atoms with Gasteiger partial charge in [0, 0.05) is 30.7 Å². The second-order valence-electron chi connectivity index (χ2n) is 7.64. The van der Waals surface area contributed by atoms with Crippen molar-refractivity contribution < 1.29 is 14.0 Å². The highest BCUT2D eigenvalue weighted by molar-refractivity contribution is 6.05. The number of fused-ring (bicyclic) bond motifs is 1. The molecule has 1 fully saturated rings. The summed E-state index contributed by atoms with van der Waals surface area (Å²) in [7, 11) is 0. The van der Waals surface area contributed by atoms with Crippen LogP contribution in [0.4, 0.5) is 0 Å². The van der Waals surface area contributed by atoms with Crippen LogP contribution in [-0.4, -0.2) is 21.6 Å². The van der Waals surface area contributed by atoms with Gasteiger partial charge in [0.05, 0.1) is 5.39 Å². The monoisotopic (exact) mass is 408 g/mol. The summed E-state index contributed by atoms with van der Waals surface area (Å²) in [5, 5.41) is 5.00. The van der Waals surface area contributed by atoms with Gasteiger partial charge in [-0.05, 0) is 37.5 Å². The number of benzene rings is 1. The number of carbonyl (C=O) groups excluding carboxylic acids is 2. The van der Waals surface area contributed by atoms with Crippen molar-refractivity contribution in [3.05, 3.63) is 64.0 Å². The summed E-state index contributed by atoms with van der Waals surface area (Å²) in [5.74, 6) is 1.98. The SMILES string of the molecule is CCn1nc(C(=O)NNC(=O)CCc2ccc(C3CC3C)o2)c2ccccc2c1=O. The molecule has 2 amide bonds. The molecule has 2 aromatic heterocycles. The lowest BCUT2D eigenvalue weighted by molar-refractivity contribution is -0.121. The van der Waals surface area contributed by atoms with Gasteiger partial charge in [0.2, 0.25) is 5.91 Å². The number of hydrogen-bond acceptors (Lipinski definition) is 5. The van der Waals surface area contributed by atoms with Gasteiger partial charge in [0.25, 0.3) is 11.5 Å². The molecule has 1 aliphatic rings. The zero-order valence-electron chi connectivity index (χ0n) is 17.0. The minimum atomic E-state index is -0.579. The molecule has 0 spiro atoms. The van der Waals surface area contributed by atoms with Gasteiger partial charge >= 0.3 is 0 Å². The van der Waals surface area contributed by atoms with Crippen molar-refractivity contribution in [2.75, 3.05) is 0 Å². The van der Waals surface area contributed by atoms with Crippen molar-refractivity contribution in [3.8, 4) is 0 Å². The molecule has 0 saturated heterocycles. The molecule has 0 bridgehead atoms. The lowest BCUT2D eigenvalue weighted by Gasteiger charge is -2.10. The van der Waals surface area contributed by atoms with Crippen LogP contribution < -0.4 is 16.4 Å². The number of nitrogens with one attached hydrogen (secondary N) is 2. The van der Waals surface area contributed by atoms with Crippen molar-refractivity contribution in [1.29, 1.82) is 0 Å². The maximum Gasteiger partial charge on any atom is 0.290 e.